The fourth-order valence-corrected chi connectivity index (χ4v) is 4.13. The van der Waals surface area contributed by atoms with E-state index >= 15 is 0 Å². The van der Waals surface area contributed by atoms with Crippen molar-refractivity contribution in [3.63, 3.8) is 0 Å². The zero-order valence-corrected chi connectivity index (χ0v) is 16.9. The normalized spacial score (nSPS) is 13.7. The molecule has 3 heterocycles. The Kier molecular flexibility index (Phi) is 5.34. The molecule has 0 saturated heterocycles. The molecule has 0 fully saturated rings. The first-order valence-electron chi connectivity index (χ1n) is 9.30. The van der Waals surface area contributed by atoms with Crippen molar-refractivity contribution < 1.29 is 23.8 Å². The molecule has 152 valence electrons. The molecule has 1 aliphatic rings. The van der Waals surface area contributed by atoms with E-state index in [0.717, 1.165) is 10.2 Å². The number of aryl methyl sites for hydroxylation is 1. The van der Waals surface area contributed by atoms with Crippen molar-refractivity contribution >= 4 is 33.4 Å². The Morgan fingerprint density at radius 1 is 1.24 bits per heavy atom. The quantitative estimate of drug-likeness (QED) is 0.590. The van der Waals surface area contributed by atoms with Gasteiger partial charge < -0.3 is 18.8 Å². The van der Waals surface area contributed by atoms with Crippen molar-refractivity contribution in [2.45, 2.75) is 26.9 Å². The van der Waals surface area contributed by atoms with Crippen molar-refractivity contribution in [3.8, 4) is 11.5 Å². The van der Waals surface area contributed by atoms with Crippen LogP contribution in [0.1, 0.15) is 24.3 Å². The standard InChI is InChI=1S/C19H20N4O5S/c1-3-23-12(5-6-20-23)18(25)21-19-22(11-17(24)26-4-2)13-9-14-15(10-16(13)29-19)28-8-7-27-14/h5-6,9-10H,3-4,7-8,11H2,1-2H3. The molecule has 1 amide bonds. The van der Waals surface area contributed by atoms with E-state index in [9.17, 15) is 9.59 Å². The topological polar surface area (TPSA) is 96.9 Å². The number of nitrogens with zero attached hydrogens (tertiary/aromatic N) is 4. The highest BCUT2D eigenvalue weighted by molar-refractivity contribution is 7.16. The van der Waals surface area contributed by atoms with Gasteiger partial charge in [-0.25, -0.2) is 0 Å². The molecule has 0 aliphatic carbocycles. The summed E-state index contributed by atoms with van der Waals surface area (Å²) in [5.41, 5.74) is 1.11. The lowest BCUT2D eigenvalue weighted by atomic mass is 10.2. The molecule has 29 heavy (non-hydrogen) atoms. The van der Waals surface area contributed by atoms with Crippen LogP contribution in [0.25, 0.3) is 10.2 Å². The first-order valence-corrected chi connectivity index (χ1v) is 10.1. The summed E-state index contributed by atoms with van der Waals surface area (Å²) < 4.78 is 20.5. The Hall–Kier alpha value is -3.14. The van der Waals surface area contributed by atoms with E-state index in [-0.39, 0.29) is 13.2 Å². The summed E-state index contributed by atoms with van der Waals surface area (Å²) in [5, 5.41) is 4.11. The Bertz CT molecular complexity index is 1140. The van der Waals surface area contributed by atoms with Crippen LogP contribution in [0.4, 0.5) is 0 Å². The monoisotopic (exact) mass is 416 g/mol. The van der Waals surface area contributed by atoms with E-state index in [0.29, 0.717) is 41.8 Å². The number of esters is 1. The smallest absolute Gasteiger partial charge is 0.326 e. The molecule has 4 rings (SSSR count). The van der Waals surface area contributed by atoms with Gasteiger partial charge in [-0.05, 0) is 19.9 Å². The lowest BCUT2D eigenvalue weighted by Crippen LogP contribution is -2.23. The molecule has 0 unspecified atom stereocenters. The first kappa shape index (κ1) is 19.2. The van der Waals surface area contributed by atoms with Gasteiger partial charge in [0.25, 0.3) is 5.91 Å². The summed E-state index contributed by atoms with van der Waals surface area (Å²) in [6.45, 7) is 5.34. The maximum Gasteiger partial charge on any atom is 0.326 e. The largest absolute Gasteiger partial charge is 0.486 e. The molecule has 9 nitrogen and oxygen atoms in total. The third kappa shape index (κ3) is 3.75. The third-order valence-electron chi connectivity index (χ3n) is 4.37. The molecule has 10 heteroatoms. The molecule has 3 aromatic rings. The minimum Gasteiger partial charge on any atom is -0.486 e. The fourth-order valence-electron chi connectivity index (χ4n) is 3.09. The summed E-state index contributed by atoms with van der Waals surface area (Å²) in [6, 6.07) is 5.27. The van der Waals surface area contributed by atoms with Crippen LogP contribution in [0.2, 0.25) is 0 Å². The highest BCUT2D eigenvalue weighted by Crippen LogP contribution is 2.35. The number of ether oxygens (including phenoxy) is 3. The number of rotatable bonds is 5. The second-order valence-electron chi connectivity index (χ2n) is 6.19. The van der Waals surface area contributed by atoms with E-state index in [2.05, 4.69) is 10.1 Å². The van der Waals surface area contributed by atoms with Crippen LogP contribution < -0.4 is 14.3 Å². The Morgan fingerprint density at radius 2 is 2.00 bits per heavy atom. The number of benzene rings is 1. The number of thiazole rings is 1. The second kappa shape index (κ2) is 8.08. The predicted molar refractivity (Wildman–Crippen MR) is 105 cm³/mol. The minimum absolute atomic E-state index is 0.0629. The second-order valence-corrected chi connectivity index (χ2v) is 7.20. The number of amides is 1. The first-order chi connectivity index (χ1) is 14.1. The molecular weight excluding hydrogens is 396 g/mol. The number of carbonyl (C=O) groups is 2. The number of aromatic nitrogens is 3. The molecule has 2 aromatic heterocycles. The van der Waals surface area contributed by atoms with Gasteiger partial charge in [-0.15, -0.1) is 0 Å². The molecule has 1 aliphatic heterocycles. The van der Waals surface area contributed by atoms with Gasteiger partial charge in [0.2, 0.25) is 0 Å². The van der Waals surface area contributed by atoms with E-state index < -0.39 is 11.9 Å². The van der Waals surface area contributed by atoms with Gasteiger partial charge in [0.1, 0.15) is 25.5 Å². The minimum atomic E-state index is -0.425. The highest BCUT2D eigenvalue weighted by Gasteiger charge is 2.19. The molecule has 0 spiro atoms. The van der Waals surface area contributed by atoms with Crippen LogP contribution in [0, 0.1) is 0 Å². The van der Waals surface area contributed by atoms with Crippen molar-refractivity contribution in [2.24, 2.45) is 4.99 Å². The van der Waals surface area contributed by atoms with Crippen LogP contribution in [0.15, 0.2) is 29.4 Å². The summed E-state index contributed by atoms with van der Waals surface area (Å²) in [4.78, 5) is 29.6. The fraction of sp³-hybridized carbons (Fsp3) is 0.368. The predicted octanol–water partition coefficient (Wildman–Crippen LogP) is 1.99. The summed E-state index contributed by atoms with van der Waals surface area (Å²) >= 11 is 1.30. The Morgan fingerprint density at radius 3 is 2.72 bits per heavy atom. The van der Waals surface area contributed by atoms with Crippen LogP contribution in [-0.2, 0) is 22.6 Å². The van der Waals surface area contributed by atoms with Gasteiger partial charge in [-0.3, -0.25) is 14.3 Å². The zero-order valence-electron chi connectivity index (χ0n) is 16.1. The molecule has 0 bridgehead atoms. The van der Waals surface area contributed by atoms with Gasteiger partial charge in [-0.1, -0.05) is 11.3 Å². The van der Waals surface area contributed by atoms with Crippen LogP contribution in [0.5, 0.6) is 11.5 Å². The van der Waals surface area contributed by atoms with Gasteiger partial charge in [0.15, 0.2) is 16.3 Å². The van der Waals surface area contributed by atoms with E-state index in [1.807, 2.05) is 13.0 Å². The average Bonchev–Trinajstić information content (AvgIpc) is 3.31. The lowest BCUT2D eigenvalue weighted by Gasteiger charge is -2.18. The SMILES string of the molecule is CCOC(=O)Cn1c(=NC(=O)c2ccnn2CC)sc2cc3c(cc21)OCCO3. The number of carbonyl (C=O) groups excluding carboxylic acids is 2. The molecule has 1 aromatic carbocycles. The van der Waals surface area contributed by atoms with E-state index in [4.69, 9.17) is 14.2 Å². The maximum atomic E-state index is 12.8. The molecule has 0 atom stereocenters. The van der Waals surface area contributed by atoms with Crippen LogP contribution >= 0.6 is 11.3 Å². The molecule has 0 saturated carbocycles. The van der Waals surface area contributed by atoms with Crippen molar-refractivity contribution in [3.05, 3.63) is 34.9 Å². The van der Waals surface area contributed by atoms with Gasteiger partial charge in [-0.2, -0.15) is 10.1 Å². The van der Waals surface area contributed by atoms with Gasteiger partial charge >= 0.3 is 5.97 Å². The van der Waals surface area contributed by atoms with E-state index in [1.54, 1.807) is 34.5 Å². The van der Waals surface area contributed by atoms with Crippen LogP contribution in [0.3, 0.4) is 0 Å². The molecular formula is C19H20N4O5S. The van der Waals surface area contributed by atoms with Crippen molar-refractivity contribution in [2.75, 3.05) is 19.8 Å². The zero-order chi connectivity index (χ0) is 20.4. The van der Waals surface area contributed by atoms with Crippen molar-refractivity contribution in [1.29, 1.82) is 0 Å². The van der Waals surface area contributed by atoms with Crippen LogP contribution in [-0.4, -0.2) is 46.0 Å². The molecule has 0 radical (unpaired) electrons. The number of hydrogen-bond donors (Lipinski definition) is 0. The average molecular weight is 416 g/mol. The Labute approximate surface area is 170 Å². The summed E-state index contributed by atoms with van der Waals surface area (Å²) in [7, 11) is 0. The van der Waals surface area contributed by atoms with E-state index in [1.165, 1.54) is 11.3 Å². The number of hydrogen-bond acceptors (Lipinski definition) is 7. The van der Waals surface area contributed by atoms with Crippen molar-refractivity contribution in [1.82, 2.24) is 14.3 Å². The summed E-state index contributed by atoms with van der Waals surface area (Å²) in [6.07, 6.45) is 1.56. The number of fused-ring (bicyclic) bond motifs is 2. The van der Waals surface area contributed by atoms with Gasteiger partial charge in [0, 0.05) is 24.9 Å². The van der Waals surface area contributed by atoms with Gasteiger partial charge in [0.05, 0.1) is 16.8 Å². The Balaban J connectivity index is 1.85. The lowest BCUT2D eigenvalue weighted by molar-refractivity contribution is -0.143. The highest BCUT2D eigenvalue weighted by atomic mass is 32.1. The summed E-state index contributed by atoms with van der Waals surface area (Å²) in [5.74, 6) is 0.400. The maximum absolute atomic E-state index is 12.8. The molecule has 0 N–H and O–H groups in total. The third-order valence-corrected chi connectivity index (χ3v) is 5.41.